The van der Waals surface area contributed by atoms with E-state index in [9.17, 15) is 22.8 Å². The molecule has 3 aromatic rings. The van der Waals surface area contributed by atoms with Crippen LogP contribution in [0.3, 0.4) is 0 Å². The zero-order valence-electron chi connectivity index (χ0n) is 21.4. The normalized spacial score (nSPS) is 13.9. The van der Waals surface area contributed by atoms with Crippen LogP contribution in [0.1, 0.15) is 59.3 Å². The van der Waals surface area contributed by atoms with Crippen molar-refractivity contribution in [2.45, 2.75) is 45.4 Å². The summed E-state index contributed by atoms with van der Waals surface area (Å²) in [5, 5.41) is 2.91. The van der Waals surface area contributed by atoms with Gasteiger partial charge in [0.2, 0.25) is 11.7 Å². The van der Waals surface area contributed by atoms with Gasteiger partial charge < -0.3 is 15.0 Å². The molecule has 0 unspecified atom stereocenters. The van der Waals surface area contributed by atoms with E-state index in [-0.39, 0.29) is 18.4 Å². The van der Waals surface area contributed by atoms with Crippen LogP contribution in [0, 0.1) is 24.4 Å². The van der Waals surface area contributed by atoms with Crippen molar-refractivity contribution in [2.75, 3.05) is 25.0 Å². The Hall–Kier alpha value is -3.88. The third kappa shape index (κ3) is 6.15. The Bertz CT molecular complexity index is 1310. The van der Waals surface area contributed by atoms with Crippen LogP contribution in [0.15, 0.2) is 48.7 Å². The zero-order chi connectivity index (χ0) is 27.2. The fourth-order valence-electron chi connectivity index (χ4n) is 4.69. The quantitative estimate of drug-likeness (QED) is 0.378. The van der Waals surface area contributed by atoms with Gasteiger partial charge >= 0.3 is 0 Å². The Balaban J connectivity index is 1.32. The number of nitrogens with one attached hydrogen (secondary N) is 1. The average Bonchev–Trinajstić information content (AvgIpc) is 2.93. The Morgan fingerprint density at radius 2 is 1.79 bits per heavy atom. The van der Waals surface area contributed by atoms with Gasteiger partial charge in [0.1, 0.15) is 0 Å². The highest BCUT2D eigenvalue weighted by atomic mass is 19.2. The van der Waals surface area contributed by atoms with Gasteiger partial charge in [-0.1, -0.05) is 18.2 Å². The molecule has 0 aliphatic carbocycles. The minimum Gasteiger partial charge on any atom is -0.488 e. The molecule has 4 rings (SSSR count). The van der Waals surface area contributed by atoms with Crippen LogP contribution in [0.4, 0.5) is 18.9 Å². The van der Waals surface area contributed by atoms with Crippen molar-refractivity contribution in [3.8, 4) is 5.75 Å². The highest BCUT2D eigenvalue weighted by molar-refractivity contribution is 5.95. The van der Waals surface area contributed by atoms with Crippen LogP contribution in [0.2, 0.25) is 0 Å². The first-order valence-electron chi connectivity index (χ1n) is 12.7. The molecule has 0 spiro atoms. The number of carbonyl (C=O) groups is 2. The van der Waals surface area contributed by atoms with Crippen LogP contribution in [-0.2, 0) is 11.2 Å². The van der Waals surface area contributed by atoms with Gasteiger partial charge in [0.05, 0.1) is 12.2 Å². The summed E-state index contributed by atoms with van der Waals surface area (Å²) in [5.74, 6) is -5.43. The number of pyridine rings is 1. The molecule has 1 saturated heterocycles. The van der Waals surface area contributed by atoms with E-state index in [1.54, 1.807) is 6.20 Å². The molecule has 0 saturated carbocycles. The first kappa shape index (κ1) is 27.2. The van der Waals surface area contributed by atoms with Gasteiger partial charge in [-0.15, -0.1) is 0 Å². The second kappa shape index (κ2) is 12.1. The number of piperidine rings is 1. The lowest BCUT2D eigenvalue weighted by atomic mass is 9.89. The third-order valence-electron chi connectivity index (χ3n) is 6.82. The molecule has 1 aromatic heterocycles. The molecule has 2 aromatic carbocycles. The number of ether oxygens (including phenoxy) is 1. The van der Waals surface area contributed by atoms with Crippen LogP contribution in [0.5, 0.6) is 5.75 Å². The number of likely N-dealkylation sites (tertiary alicyclic amines) is 1. The zero-order valence-corrected chi connectivity index (χ0v) is 21.4. The standard InChI is InChI=1S/C29H30F3N3O3/c1-3-38-28-26(31)23(17-24(30)27(28)32)29(37)35-15-12-21(13-16-35)20-6-9-22(10-7-20)34-25(36)11-8-19-5-4-14-33-18(19)2/h4-7,9-10,14,17,21H,3,8,11-13,15-16H2,1-2H3,(H,34,36). The number of hydrogen-bond donors (Lipinski definition) is 1. The van der Waals surface area contributed by atoms with E-state index in [1.807, 2.05) is 43.3 Å². The SMILES string of the molecule is CCOc1c(F)c(F)cc(C(=O)N2CCC(c3ccc(NC(=O)CCc4cccnc4C)cc3)CC2)c1F. The summed E-state index contributed by atoms with van der Waals surface area (Å²) in [5.41, 5.74) is 3.20. The Labute approximate surface area is 219 Å². The number of amides is 2. The maximum Gasteiger partial charge on any atom is 0.257 e. The minimum absolute atomic E-state index is 0.0656. The predicted octanol–water partition coefficient (Wildman–Crippen LogP) is 5.80. The second-order valence-corrected chi connectivity index (χ2v) is 9.28. The largest absolute Gasteiger partial charge is 0.488 e. The van der Waals surface area contributed by atoms with Gasteiger partial charge in [0.25, 0.3) is 5.91 Å². The maximum atomic E-state index is 14.7. The van der Waals surface area contributed by atoms with Crippen molar-refractivity contribution in [3.05, 3.63) is 88.5 Å². The van der Waals surface area contributed by atoms with E-state index < -0.39 is 34.7 Å². The van der Waals surface area contributed by atoms with Crippen molar-refractivity contribution in [1.82, 2.24) is 9.88 Å². The molecule has 1 aliphatic heterocycles. The number of rotatable bonds is 8. The summed E-state index contributed by atoms with van der Waals surface area (Å²) in [6.07, 6.45) is 3.96. The van der Waals surface area contributed by atoms with E-state index >= 15 is 0 Å². The fourth-order valence-corrected chi connectivity index (χ4v) is 4.69. The lowest BCUT2D eigenvalue weighted by Crippen LogP contribution is -2.38. The number of carbonyl (C=O) groups excluding carboxylic acids is 2. The van der Waals surface area contributed by atoms with E-state index in [4.69, 9.17) is 4.74 Å². The topological polar surface area (TPSA) is 71.5 Å². The lowest BCUT2D eigenvalue weighted by molar-refractivity contribution is -0.116. The summed E-state index contributed by atoms with van der Waals surface area (Å²) in [4.78, 5) is 31.0. The van der Waals surface area contributed by atoms with Crippen molar-refractivity contribution in [1.29, 1.82) is 0 Å². The van der Waals surface area contributed by atoms with Crippen LogP contribution in [-0.4, -0.2) is 41.4 Å². The molecular formula is C29H30F3N3O3. The number of halogens is 3. The molecular weight excluding hydrogens is 495 g/mol. The highest BCUT2D eigenvalue weighted by Crippen LogP contribution is 2.32. The van der Waals surface area contributed by atoms with Crippen molar-refractivity contribution < 1.29 is 27.5 Å². The van der Waals surface area contributed by atoms with Gasteiger partial charge in [-0.2, -0.15) is 4.39 Å². The van der Waals surface area contributed by atoms with E-state index in [0.717, 1.165) is 16.8 Å². The molecule has 0 atom stereocenters. The number of aryl methyl sites for hydroxylation is 2. The monoisotopic (exact) mass is 525 g/mol. The Morgan fingerprint density at radius 1 is 1.08 bits per heavy atom. The number of benzene rings is 2. The van der Waals surface area contributed by atoms with Gasteiger partial charge in [0, 0.05) is 37.1 Å². The molecule has 0 bridgehead atoms. The van der Waals surface area contributed by atoms with Crippen LogP contribution < -0.4 is 10.1 Å². The van der Waals surface area contributed by atoms with Crippen molar-refractivity contribution in [3.63, 3.8) is 0 Å². The molecule has 9 heteroatoms. The van der Waals surface area contributed by atoms with Gasteiger partial charge in [0.15, 0.2) is 17.4 Å². The van der Waals surface area contributed by atoms with Crippen LogP contribution >= 0.6 is 0 Å². The molecule has 38 heavy (non-hydrogen) atoms. The number of anilines is 1. The van der Waals surface area contributed by atoms with Crippen molar-refractivity contribution >= 4 is 17.5 Å². The van der Waals surface area contributed by atoms with E-state index in [0.29, 0.717) is 50.5 Å². The van der Waals surface area contributed by atoms with Gasteiger partial charge in [-0.05, 0) is 74.4 Å². The Morgan fingerprint density at radius 3 is 2.45 bits per heavy atom. The summed E-state index contributed by atoms with van der Waals surface area (Å²) < 4.78 is 47.5. The van der Waals surface area contributed by atoms with E-state index in [1.165, 1.54) is 11.8 Å². The predicted molar refractivity (Wildman–Crippen MR) is 138 cm³/mol. The molecule has 6 nitrogen and oxygen atoms in total. The molecule has 200 valence electrons. The number of aromatic nitrogens is 1. The second-order valence-electron chi connectivity index (χ2n) is 9.28. The maximum absolute atomic E-state index is 14.7. The van der Waals surface area contributed by atoms with Gasteiger partial charge in [-0.25, -0.2) is 8.78 Å². The summed E-state index contributed by atoms with van der Waals surface area (Å²) in [7, 11) is 0. The smallest absolute Gasteiger partial charge is 0.257 e. The third-order valence-corrected chi connectivity index (χ3v) is 6.82. The molecule has 2 amide bonds. The summed E-state index contributed by atoms with van der Waals surface area (Å²) in [6, 6.07) is 12.0. The lowest BCUT2D eigenvalue weighted by Gasteiger charge is -2.32. The molecule has 0 radical (unpaired) electrons. The van der Waals surface area contributed by atoms with Gasteiger partial charge in [-0.3, -0.25) is 14.6 Å². The summed E-state index contributed by atoms with van der Waals surface area (Å²) in [6.45, 7) is 4.06. The molecule has 1 N–H and O–H groups in total. The minimum atomic E-state index is -1.44. The number of hydrogen-bond acceptors (Lipinski definition) is 4. The fraction of sp³-hybridized carbons (Fsp3) is 0.345. The first-order chi connectivity index (χ1) is 18.3. The molecule has 1 aliphatic rings. The van der Waals surface area contributed by atoms with Crippen LogP contribution in [0.25, 0.3) is 0 Å². The summed E-state index contributed by atoms with van der Waals surface area (Å²) >= 11 is 0. The average molecular weight is 526 g/mol. The Kier molecular flexibility index (Phi) is 8.66. The van der Waals surface area contributed by atoms with E-state index in [2.05, 4.69) is 10.3 Å². The highest BCUT2D eigenvalue weighted by Gasteiger charge is 2.30. The number of nitrogens with zero attached hydrogens (tertiary/aromatic N) is 2. The first-order valence-corrected chi connectivity index (χ1v) is 12.7. The molecule has 2 heterocycles. The van der Waals surface area contributed by atoms with Crippen molar-refractivity contribution in [2.24, 2.45) is 0 Å². The molecule has 1 fully saturated rings.